The van der Waals surface area contributed by atoms with Gasteiger partial charge < -0.3 is 26.8 Å². The van der Waals surface area contributed by atoms with Gasteiger partial charge in [-0.1, -0.05) is 0 Å². The lowest BCUT2D eigenvalue weighted by molar-refractivity contribution is -0.137. The van der Waals surface area contributed by atoms with Crippen LogP contribution in [0, 0.1) is 0 Å². The summed E-state index contributed by atoms with van der Waals surface area (Å²) in [4.78, 5) is 32.1. The van der Waals surface area contributed by atoms with Gasteiger partial charge in [0.2, 0.25) is 0 Å². The van der Waals surface area contributed by atoms with Crippen LogP contribution in [0.2, 0.25) is 0 Å². The molecule has 0 aromatic carbocycles. The Morgan fingerprint density at radius 1 is 1.32 bits per heavy atom. The third-order valence-corrected chi connectivity index (χ3v) is 1.90. The Hall–Kier alpha value is -2.78. The number of anilines is 1. The smallest absolute Gasteiger partial charge is 0.325 e. The molecule has 0 bridgehead atoms. The number of primary amides is 1. The predicted octanol–water partition coefficient (Wildman–Crippen LogP) is -1.24. The summed E-state index contributed by atoms with van der Waals surface area (Å²) in [6, 6.07) is -1.17. The molecule has 1 aromatic heterocycles. The Morgan fingerprint density at radius 3 is 2.63 bits per heavy atom. The maximum Gasteiger partial charge on any atom is 0.325 e. The highest BCUT2D eigenvalue weighted by atomic mass is 16.4. The summed E-state index contributed by atoms with van der Waals surface area (Å²) < 4.78 is 1.17. The zero-order valence-corrected chi connectivity index (χ0v) is 9.92. The highest BCUT2D eigenvalue weighted by Gasteiger charge is 2.05. The first-order chi connectivity index (χ1) is 8.97. The van der Waals surface area contributed by atoms with Gasteiger partial charge in [0, 0.05) is 19.3 Å². The molecule has 0 aliphatic carbocycles. The van der Waals surface area contributed by atoms with Crippen LogP contribution in [0.5, 0.6) is 0 Å². The number of carboxylic acids is 1. The monoisotopic (exact) mass is 270 g/mol. The average molecular weight is 270 g/mol. The number of hydrogen-bond donors (Lipinski definition) is 5. The number of aromatic nitrogens is 2. The Balaban J connectivity index is 2.30. The second kappa shape index (κ2) is 6.83. The van der Waals surface area contributed by atoms with Crippen molar-refractivity contribution < 1.29 is 19.5 Å². The molecule has 1 aromatic rings. The molecule has 1 heterocycles. The fourth-order valence-corrected chi connectivity index (χ4v) is 1.19. The molecule has 0 aliphatic heterocycles. The van der Waals surface area contributed by atoms with Crippen LogP contribution in [-0.4, -0.2) is 46.0 Å². The molecule has 10 nitrogen and oxygen atoms in total. The van der Waals surface area contributed by atoms with Crippen molar-refractivity contribution in [2.45, 2.75) is 6.54 Å². The number of hydrogen-bond acceptors (Lipinski definition) is 4. The summed E-state index contributed by atoms with van der Waals surface area (Å²) in [5.74, 6) is -1.03. The van der Waals surface area contributed by atoms with Crippen molar-refractivity contribution in [3.05, 3.63) is 12.4 Å². The molecule has 0 atom stereocenters. The summed E-state index contributed by atoms with van der Waals surface area (Å²) in [5, 5.41) is 19.5. The molecule has 0 aliphatic rings. The van der Waals surface area contributed by atoms with E-state index in [-0.39, 0.29) is 19.6 Å². The standard InChI is InChI=1S/C9H14N6O4/c10-8(18)11-1-2-12-9(19)14-6-3-13-15(4-6)5-7(16)17/h3-4H,1-2,5H2,(H,16,17)(H3,10,11,18)(H2,12,14,19). The number of carboxylic acid groups (broad SMARTS) is 1. The topological polar surface area (TPSA) is 151 Å². The van der Waals surface area contributed by atoms with Crippen molar-refractivity contribution in [3.8, 4) is 0 Å². The van der Waals surface area contributed by atoms with Gasteiger partial charge in [0.1, 0.15) is 6.54 Å². The van der Waals surface area contributed by atoms with Crippen molar-refractivity contribution in [1.29, 1.82) is 0 Å². The zero-order chi connectivity index (χ0) is 14.3. The molecule has 0 spiro atoms. The molecule has 19 heavy (non-hydrogen) atoms. The van der Waals surface area contributed by atoms with Gasteiger partial charge in [-0.3, -0.25) is 9.48 Å². The number of nitrogens with two attached hydrogens (primary N) is 1. The SMILES string of the molecule is NC(=O)NCCNC(=O)Nc1cnn(CC(=O)O)c1. The van der Waals surface area contributed by atoms with Crippen LogP contribution in [0.3, 0.4) is 0 Å². The molecule has 0 fully saturated rings. The third-order valence-electron chi connectivity index (χ3n) is 1.90. The molecule has 1 rings (SSSR count). The number of aliphatic carboxylic acids is 1. The summed E-state index contributed by atoms with van der Waals surface area (Å²) in [7, 11) is 0. The van der Waals surface area contributed by atoms with Gasteiger partial charge in [0.25, 0.3) is 0 Å². The number of amides is 4. The summed E-state index contributed by atoms with van der Waals surface area (Å²) in [6.45, 7) is 0.130. The average Bonchev–Trinajstić information content (AvgIpc) is 2.70. The number of nitrogens with zero attached hydrogens (tertiary/aromatic N) is 2. The quantitative estimate of drug-likeness (QED) is 0.409. The van der Waals surface area contributed by atoms with Gasteiger partial charge in [-0.05, 0) is 0 Å². The first-order valence-electron chi connectivity index (χ1n) is 5.30. The Kier molecular flexibility index (Phi) is 5.14. The highest BCUT2D eigenvalue weighted by molar-refractivity contribution is 5.88. The minimum atomic E-state index is -1.03. The van der Waals surface area contributed by atoms with Crippen molar-refractivity contribution >= 4 is 23.7 Å². The first kappa shape index (κ1) is 14.3. The molecule has 0 radical (unpaired) electrons. The number of nitrogens with one attached hydrogen (secondary N) is 3. The van der Waals surface area contributed by atoms with E-state index in [4.69, 9.17) is 10.8 Å². The number of carbonyl (C=O) groups is 3. The van der Waals surface area contributed by atoms with Gasteiger partial charge in [-0.25, -0.2) is 9.59 Å². The highest BCUT2D eigenvalue weighted by Crippen LogP contribution is 2.03. The van der Waals surface area contributed by atoms with Crippen LogP contribution in [0.25, 0.3) is 0 Å². The van der Waals surface area contributed by atoms with Crippen LogP contribution < -0.4 is 21.7 Å². The van der Waals surface area contributed by atoms with E-state index in [1.54, 1.807) is 0 Å². The van der Waals surface area contributed by atoms with Gasteiger partial charge in [0.05, 0.1) is 11.9 Å². The van der Waals surface area contributed by atoms with E-state index in [2.05, 4.69) is 21.0 Å². The Morgan fingerprint density at radius 2 is 2.00 bits per heavy atom. The van der Waals surface area contributed by atoms with E-state index in [9.17, 15) is 14.4 Å². The minimum Gasteiger partial charge on any atom is -0.480 e. The van der Waals surface area contributed by atoms with Gasteiger partial charge >= 0.3 is 18.0 Å². The second-order valence-electron chi connectivity index (χ2n) is 3.49. The van der Waals surface area contributed by atoms with Crippen molar-refractivity contribution in [3.63, 3.8) is 0 Å². The fourth-order valence-electron chi connectivity index (χ4n) is 1.19. The van der Waals surface area contributed by atoms with Crippen LogP contribution in [0.4, 0.5) is 15.3 Å². The lowest BCUT2D eigenvalue weighted by atomic mass is 10.5. The van der Waals surface area contributed by atoms with Gasteiger partial charge in [-0.2, -0.15) is 5.10 Å². The van der Waals surface area contributed by atoms with E-state index < -0.39 is 18.0 Å². The molecule has 0 saturated carbocycles. The number of rotatable bonds is 6. The van der Waals surface area contributed by atoms with Crippen LogP contribution in [-0.2, 0) is 11.3 Å². The van der Waals surface area contributed by atoms with Crippen LogP contribution in [0.1, 0.15) is 0 Å². The number of carbonyl (C=O) groups excluding carboxylic acids is 2. The van der Waals surface area contributed by atoms with E-state index in [1.165, 1.54) is 17.1 Å². The third kappa shape index (κ3) is 5.91. The van der Waals surface area contributed by atoms with Crippen LogP contribution >= 0.6 is 0 Å². The molecule has 6 N–H and O–H groups in total. The fraction of sp³-hybridized carbons (Fsp3) is 0.333. The van der Waals surface area contributed by atoms with E-state index in [0.29, 0.717) is 5.69 Å². The molecule has 0 saturated heterocycles. The lowest BCUT2D eigenvalue weighted by Crippen LogP contribution is -2.38. The largest absolute Gasteiger partial charge is 0.480 e. The van der Waals surface area contributed by atoms with Crippen molar-refractivity contribution in [2.75, 3.05) is 18.4 Å². The molecular formula is C9H14N6O4. The Bertz CT molecular complexity index is 471. The molecule has 10 heteroatoms. The van der Waals surface area contributed by atoms with Gasteiger partial charge in [-0.15, -0.1) is 0 Å². The minimum absolute atomic E-state index is 0.206. The lowest BCUT2D eigenvalue weighted by Gasteiger charge is -2.05. The normalized spacial score (nSPS) is 9.68. The second-order valence-corrected chi connectivity index (χ2v) is 3.49. The van der Waals surface area contributed by atoms with Crippen molar-refractivity contribution in [2.24, 2.45) is 5.73 Å². The Labute approximate surface area is 107 Å². The summed E-state index contributed by atoms with van der Waals surface area (Å²) in [6.07, 6.45) is 2.71. The molecule has 4 amide bonds. The number of urea groups is 2. The maximum atomic E-state index is 11.4. The summed E-state index contributed by atoms with van der Waals surface area (Å²) in [5.41, 5.74) is 5.20. The zero-order valence-electron chi connectivity index (χ0n) is 9.92. The van der Waals surface area contributed by atoms with E-state index in [0.717, 1.165) is 0 Å². The van der Waals surface area contributed by atoms with Crippen molar-refractivity contribution in [1.82, 2.24) is 20.4 Å². The van der Waals surface area contributed by atoms with E-state index in [1.807, 2.05) is 0 Å². The maximum absolute atomic E-state index is 11.4. The van der Waals surface area contributed by atoms with E-state index >= 15 is 0 Å². The van der Waals surface area contributed by atoms with Crippen LogP contribution in [0.15, 0.2) is 12.4 Å². The predicted molar refractivity (Wildman–Crippen MR) is 64.5 cm³/mol. The summed E-state index contributed by atoms with van der Waals surface area (Å²) >= 11 is 0. The van der Waals surface area contributed by atoms with Gasteiger partial charge in [0.15, 0.2) is 0 Å². The first-order valence-corrected chi connectivity index (χ1v) is 5.30. The molecule has 0 unspecified atom stereocenters. The molecule has 104 valence electrons. The molecular weight excluding hydrogens is 256 g/mol.